The molecular formula is C18H18O5. The van der Waals surface area contributed by atoms with E-state index in [1.807, 2.05) is 30.3 Å². The predicted molar refractivity (Wildman–Crippen MR) is 85.0 cm³/mol. The average molecular weight is 314 g/mol. The van der Waals surface area contributed by atoms with Crippen molar-refractivity contribution in [3.8, 4) is 11.5 Å². The molecule has 0 radical (unpaired) electrons. The molecule has 2 aromatic carbocycles. The number of rotatable bonds is 8. The van der Waals surface area contributed by atoms with Crippen LogP contribution in [-0.2, 0) is 11.4 Å². The van der Waals surface area contributed by atoms with E-state index in [0.717, 1.165) is 5.56 Å². The van der Waals surface area contributed by atoms with Crippen LogP contribution >= 0.6 is 0 Å². The molecule has 0 bridgehead atoms. The summed E-state index contributed by atoms with van der Waals surface area (Å²) in [6, 6.07) is 14.5. The molecule has 2 aromatic rings. The molecule has 0 aliphatic rings. The second-order valence-electron chi connectivity index (χ2n) is 4.89. The van der Waals surface area contributed by atoms with E-state index in [9.17, 15) is 9.59 Å². The number of aliphatic carboxylic acids is 1. The summed E-state index contributed by atoms with van der Waals surface area (Å²) >= 11 is 0. The highest BCUT2D eigenvalue weighted by Crippen LogP contribution is 2.26. The largest absolute Gasteiger partial charge is 0.489 e. The first-order valence-corrected chi connectivity index (χ1v) is 7.28. The van der Waals surface area contributed by atoms with Crippen molar-refractivity contribution in [2.45, 2.75) is 20.0 Å². The van der Waals surface area contributed by atoms with Gasteiger partial charge in [-0.3, -0.25) is 4.79 Å². The maximum atomic E-state index is 11.9. The van der Waals surface area contributed by atoms with Crippen molar-refractivity contribution in [3.63, 3.8) is 0 Å². The van der Waals surface area contributed by atoms with Crippen LogP contribution in [0.2, 0.25) is 0 Å². The van der Waals surface area contributed by atoms with Crippen molar-refractivity contribution < 1.29 is 24.2 Å². The number of hydrogen-bond acceptors (Lipinski definition) is 4. The van der Waals surface area contributed by atoms with Crippen molar-refractivity contribution in [2.75, 3.05) is 6.61 Å². The standard InChI is InChI=1S/C18H18O5/c1-2-16(19)15-9-8-14(10-17(15)23-12-18(20)21)22-11-13-6-4-3-5-7-13/h3-10H,2,11-12H2,1H3,(H,20,21). The summed E-state index contributed by atoms with van der Waals surface area (Å²) in [7, 11) is 0. The lowest BCUT2D eigenvalue weighted by molar-refractivity contribution is -0.139. The molecule has 0 unspecified atom stereocenters. The zero-order chi connectivity index (χ0) is 16.7. The van der Waals surface area contributed by atoms with Crippen LogP contribution in [-0.4, -0.2) is 23.5 Å². The minimum absolute atomic E-state index is 0.111. The highest BCUT2D eigenvalue weighted by Gasteiger charge is 2.13. The molecule has 0 aliphatic heterocycles. The van der Waals surface area contributed by atoms with Crippen molar-refractivity contribution in [1.82, 2.24) is 0 Å². The fourth-order valence-electron chi connectivity index (χ4n) is 2.01. The van der Waals surface area contributed by atoms with Crippen molar-refractivity contribution in [2.24, 2.45) is 0 Å². The summed E-state index contributed by atoms with van der Waals surface area (Å²) < 4.78 is 10.9. The van der Waals surface area contributed by atoms with Gasteiger partial charge in [0.05, 0.1) is 5.56 Å². The van der Waals surface area contributed by atoms with Gasteiger partial charge in [-0.05, 0) is 17.7 Å². The third kappa shape index (κ3) is 4.85. The summed E-state index contributed by atoms with van der Waals surface area (Å²) in [5.74, 6) is -0.470. The lowest BCUT2D eigenvalue weighted by atomic mass is 10.1. The maximum absolute atomic E-state index is 11.9. The van der Waals surface area contributed by atoms with Crippen molar-refractivity contribution >= 4 is 11.8 Å². The molecule has 23 heavy (non-hydrogen) atoms. The van der Waals surface area contributed by atoms with Crippen LogP contribution in [0, 0.1) is 0 Å². The molecule has 0 aromatic heterocycles. The molecule has 5 nitrogen and oxygen atoms in total. The van der Waals surface area contributed by atoms with Gasteiger partial charge in [0, 0.05) is 12.5 Å². The number of hydrogen-bond donors (Lipinski definition) is 1. The van der Waals surface area contributed by atoms with E-state index >= 15 is 0 Å². The van der Waals surface area contributed by atoms with E-state index in [1.165, 1.54) is 0 Å². The zero-order valence-electron chi connectivity index (χ0n) is 12.8. The zero-order valence-corrected chi connectivity index (χ0v) is 12.8. The topological polar surface area (TPSA) is 72.8 Å². The van der Waals surface area contributed by atoms with E-state index in [-0.39, 0.29) is 11.5 Å². The minimum atomic E-state index is -1.10. The third-order valence-corrected chi connectivity index (χ3v) is 3.17. The second kappa shape index (κ2) is 7.98. The van der Waals surface area contributed by atoms with Crippen LogP contribution < -0.4 is 9.47 Å². The van der Waals surface area contributed by atoms with Crippen LogP contribution in [0.1, 0.15) is 29.3 Å². The predicted octanol–water partition coefficient (Wildman–Crippen LogP) is 3.32. The Balaban J connectivity index is 2.15. The first kappa shape index (κ1) is 16.5. The van der Waals surface area contributed by atoms with Gasteiger partial charge in [-0.1, -0.05) is 37.3 Å². The summed E-state index contributed by atoms with van der Waals surface area (Å²) in [6.07, 6.45) is 0.313. The van der Waals surface area contributed by atoms with Gasteiger partial charge in [-0.2, -0.15) is 0 Å². The van der Waals surface area contributed by atoms with Gasteiger partial charge < -0.3 is 14.6 Å². The molecule has 0 saturated carbocycles. The SMILES string of the molecule is CCC(=O)c1ccc(OCc2ccccc2)cc1OCC(=O)O. The van der Waals surface area contributed by atoms with Crippen LogP contribution in [0.3, 0.4) is 0 Å². The van der Waals surface area contributed by atoms with Gasteiger partial charge in [-0.15, -0.1) is 0 Å². The molecule has 0 atom stereocenters. The summed E-state index contributed by atoms with van der Waals surface area (Å²) in [5, 5.41) is 8.74. The van der Waals surface area contributed by atoms with E-state index in [1.54, 1.807) is 25.1 Å². The lowest BCUT2D eigenvalue weighted by Crippen LogP contribution is -2.12. The molecule has 1 N–H and O–H groups in total. The van der Waals surface area contributed by atoms with Crippen LogP contribution in [0.4, 0.5) is 0 Å². The smallest absolute Gasteiger partial charge is 0.341 e. The van der Waals surface area contributed by atoms with E-state index in [2.05, 4.69) is 0 Å². The molecule has 0 saturated heterocycles. The number of carboxylic acids is 1. The van der Waals surface area contributed by atoms with Gasteiger partial charge in [0.1, 0.15) is 18.1 Å². The Morgan fingerprint density at radius 1 is 1.04 bits per heavy atom. The van der Waals surface area contributed by atoms with Crippen molar-refractivity contribution in [3.05, 3.63) is 59.7 Å². The number of carbonyl (C=O) groups is 2. The number of Topliss-reactive ketones (excluding diaryl/α,β-unsaturated/α-hetero) is 1. The Morgan fingerprint density at radius 3 is 2.43 bits per heavy atom. The second-order valence-corrected chi connectivity index (χ2v) is 4.89. The fourth-order valence-corrected chi connectivity index (χ4v) is 2.01. The minimum Gasteiger partial charge on any atom is -0.489 e. The van der Waals surface area contributed by atoms with E-state index in [4.69, 9.17) is 14.6 Å². The lowest BCUT2D eigenvalue weighted by Gasteiger charge is -2.12. The maximum Gasteiger partial charge on any atom is 0.341 e. The van der Waals surface area contributed by atoms with Gasteiger partial charge in [0.25, 0.3) is 0 Å². The summed E-state index contributed by atoms with van der Waals surface area (Å²) in [5.41, 5.74) is 1.37. The highest BCUT2D eigenvalue weighted by atomic mass is 16.5. The van der Waals surface area contributed by atoms with Gasteiger partial charge in [0.15, 0.2) is 12.4 Å². The van der Waals surface area contributed by atoms with Crippen LogP contribution in [0.5, 0.6) is 11.5 Å². The van der Waals surface area contributed by atoms with Gasteiger partial charge in [-0.25, -0.2) is 4.79 Å². The number of ether oxygens (including phenoxy) is 2. The third-order valence-electron chi connectivity index (χ3n) is 3.17. The molecule has 120 valence electrons. The Labute approximate surface area is 134 Å². The molecule has 2 rings (SSSR count). The molecule has 0 amide bonds. The molecule has 0 fully saturated rings. The number of carbonyl (C=O) groups excluding carboxylic acids is 1. The van der Waals surface area contributed by atoms with Gasteiger partial charge >= 0.3 is 5.97 Å². The molecule has 0 heterocycles. The first-order valence-electron chi connectivity index (χ1n) is 7.28. The quantitative estimate of drug-likeness (QED) is 0.757. The Hall–Kier alpha value is -2.82. The summed E-state index contributed by atoms with van der Waals surface area (Å²) in [4.78, 5) is 22.6. The molecule has 5 heteroatoms. The number of carboxylic acid groups (broad SMARTS) is 1. The van der Waals surface area contributed by atoms with Crippen molar-refractivity contribution in [1.29, 1.82) is 0 Å². The van der Waals surface area contributed by atoms with Gasteiger partial charge in [0.2, 0.25) is 0 Å². The van der Waals surface area contributed by atoms with Crippen LogP contribution in [0.15, 0.2) is 48.5 Å². The Kier molecular flexibility index (Phi) is 5.74. The average Bonchev–Trinajstić information content (AvgIpc) is 2.58. The molecular weight excluding hydrogens is 296 g/mol. The summed E-state index contributed by atoms with van der Waals surface area (Å²) in [6.45, 7) is 1.61. The van der Waals surface area contributed by atoms with E-state index < -0.39 is 12.6 Å². The Morgan fingerprint density at radius 2 is 1.78 bits per heavy atom. The molecule has 0 aliphatic carbocycles. The normalized spacial score (nSPS) is 10.1. The van der Waals surface area contributed by atoms with Crippen LogP contribution in [0.25, 0.3) is 0 Å². The number of benzene rings is 2. The molecule has 0 spiro atoms. The Bertz CT molecular complexity index is 679. The monoisotopic (exact) mass is 314 g/mol. The first-order chi connectivity index (χ1) is 11.1. The fraction of sp³-hybridized carbons (Fsp3) is 0.222. The number of ketones is 1. The highest BCUT2D eigenvalue weighted by molar-refractivity contribution is 5.98. The van der Waals surface area contributed by atoms with E-state index in [0.29, 0.717) is 24.3 Å².